The molecule has 2 unspecified atom stereocenters. The highest BCUT2D eigenvalue weighted by molar-refractivity contribution is 7.73. The fraction of sp³-hybridized carbons (Fsp3) is 0.640. The van der Waals surface area contributed by atoms with E-state index in [1.807, 2.05) is 18.5 Å². The third-order valence-electron chi connectivity index (χ3n) is 7.52. The smallest absolute Gasteiger partial charge is 0.156 e. The molecule has 1 aliphatic heterocycles. The van der Waals surface area contributed by atoms with Crippen molar-refractivity contribution in [2.75, 3.05) is 19.7 Å². The van der Waals surface area contributed by atoms with Gasteiger partial charge in [0.2, 0.25) is 0 Å². The minimum atomic E-state index is -2.53. The zero-order valence-electron chi connectivity index (χ0n) is 20.0. The third kappa shape index (κ3) is 4.83. The summed E-state index contributed by atoms with van der Waals surface area (Å²) >= 11 is 0. The van der Waals surface area contributed by atoms with Crippen molar-refractivity contribution in [1.29, 1.82) is 0 Å². The summed E-state index contributed by atoms with van der Waals surface area (Å²) in [4.78, 5) is 9.82. The molecule has 2 fully saturated rings. The molecule has 34 heavy (non-hydrogen) atoms. The van der Waals surface area contributed by atoms with Crippen molar-refractivity contribution in [3.63, 3.8) is 0 Å². The van der Waals surface area contributed by atoms with Gasteiger partial charge in [0.05, 0.1) is 18.5 Å². The van der Waals surface area contributed by atoms with Crippen LogP contribution < -0.4 is 0 Å². The highest BCUT2D eigenvalue weighted by Gasteiger charge is 2.36. The molecule has 2 aliphatic rings. The Balaban J connectivity index is 1.31. The molecule has 5 rings (SSSR count). The Kier molecular flexibility index (Phi) is 7.13. The number of rotatable bonds is 7. The van der Waals surface area contributed by atoms with Gasteiger partial charge in [0.1, 0.15) is 16.5 Å². The quantitative estimate of drug-likeness (QED) is 0.490. The van der Waals surface area contributed by atoms with Crippen molar-refractivity contribution >= 4 is 32.6 Å². The molecule has 1 saturated heterocycles. The molecule has 0 radical (unpaired) electrons. The second-order valence-electron chi connectivity index (χ2n) is 10.4. The largest absolute Gasteiger partial charge is 0.377 e. The summed E-state index contributed by atoms with van der Waals surface area (Å²) in [5, 5.41) is 10.4. The van der Waals surface area contributed by atoms with E-state index in [2.05, 4.69) is 38.9 Å². The van der Waals surface area contributed by atoms with Crippen LogP contribution in [0.4, 0.5) is 0 Å². The monoisotopic (exact) mass is 485 g/mol. The maximum Gasteiger partial charge on any atom is 0.156 e. The summed E-state index contributed by atoms with van der Waals surface area (Å²) in [5.74, 6) is 0.999. The molecule has 0 bridgehead atoms. The fourth-order valence-electron chi connectivity index (χ4n) is 5.91. The number of aromatic amines is 1. The molecule has 9 heteroatoms. The molecule has 4 heterocycles. The summed E-state index contributed by atoms with van der Waals surface area (Å²) in [6.07, 6.45) is 11.4. The van der Waals surface area contributed by atoms with Gasteiger partial charge in [-0.2, -0.15) is 5.10 Å². The number of likely N-dealkylation sites (tertiary alicyclic amines) is 1. The number of hydrogen-bond acceptors (Lipinski definition) is 7. The van der Waals surface area contributed by atoms with Crippen molar-refractivity contribution in [3.05, 3.63) is 30.2 Å². The molecule has 3 aromatic heterocycles. The van der Waals surface area contributed by atoms with E-state index in [1.165, 1.54) is 5.56 Å². The number of aromatic nitrogens is 4. The predicted octanol–water partition coefficient (Wildman–Crippen LogP) is 3.85. The Morgan fingerprint density at radius 1 is 1.18 bits per heavy atom. The second-order valence-corrected chi connectivity index (χ2v) is 11.5. The fourth-order valence-corrected chi connectivity index (χ4v) is 7.03. The first-order valence-electron chi connectivity index (χ1n) is 12.6. The Morgan fingerprint density at radius 2 is 2.00 bits per heavy atom. The molecular formula is C25H35N5O3S. The standard InChI is InChI=1S/C25H35N5O3S/c1-16(2)15-33-19-4-3-11-30(14-19)25(34(31)32)18-7-5-17(6-8-18)21-12-28-29-22-13-27-24-20(23(21)22)9-10-26-24/h9-10,12-13,16-19,25,34H,3-8,11,14-15H2,1-2H3,(H,26,27). The number of nitrogens with one attached hydrogen (secondary N) is 1. The van der Waals surface area contributed by atoms with Crippen LogP contribution in [0.1, 0.15) is 63.9 Å². The number of H-pyrrole nitrogens is 1. The lowest BCUT2D eigenvalue weighted by Crippen LogP contribution is -2.49. The van der Waals surface area contributed by atoms with E-state index in [0.717, 1.165) is 80.2 Å². The zero-order chi connectivity index (χ0) is 23.7. The molecule has 0 amide bonds. The molecule has 8 nitrogen and oxygen atoms in total. The number of fused-ring (bicyclic) bond motifs is 3. The van der Waals surface area contributed by atoms with Gasteiger partial charge in [-0.25, -0.2) is 13.4 Å². The van der Waals surface area contributed by atoms with E-state index >= 15 is 0 Å². The minimum absolute atomic E-state index is 0.136. The first-order valence-corrected chi connectivity index (χ1v) is 13.8. The van der Waals surface area contributed by atoms with Crippen molar-refractivity contribution in [3.8, 4) is 0 Å². The Morgan fingerprint density at radius 3 is 2.76 bits per heavy atom. The Labute approximate surface area is 202 Å². The van der Waals surface area contributed by atoms with Crippen LogP contribution in [0.5, 0.6) is 0 Å². The van der Waals surface area contributed by atoms with Gasteiger partial charge in [0.25, 0.3) is 0 Å². The lowest BCUT2D eigenvalue weighted by molar-refractivity contribution is -0.0211. The lowest BCUT2D eigenvalue weighted by Gasteiger charge is -2.41. The van der Waals surface area contributed by atoms with Gasteiger partial charge in [-0.15, -0.1) is 5.10 Å². The van der Waals surface area contributed by atoms with Gasteiger partial charge >= 0.3 is 0 Å². The van der Waals surface area contributed by atoms with Gasteiger partial charge in [-0.1, -0.05) is 13.8 Å². The number of ether oxygens (including phenoxy) is 1. The zero-order valence-corrected chi connectivity index (χ0v) is 20.9. The summed E-state index contributed by atoms with van der Waals surface area (Å²) in [6.45, 7) is 6.59. The van der Waals surface area contributed by atoms with E-state index in [0.29, 0.717) is 11.8 Å². The first-order chi connectivity index (χ1) is 16.5. The van der Waals surface area contributed by atoms with E-state index < -0.39 is 16.1 Å². The molecule has 1 saturated carbocycles. The molecule has 1 N–H and O–H groups in total. The van der Waals surface area contributed by atoms with Crippen molar-refractivity contribution in [2.45, 2.75) is 69.8 Å². The lowest BCUT2D eigenvalue weighted by atomic mass is 9.77. The van der Waals surface area contributed by atoms with Crippen LogP contribution in [0, 0.1) is 11.8 Å². The summed E-state index contributed by atoms with van der Waals surface area (Å²) in [5.41, 5.74) is 2.88. The molecule has 0 aromatic carbocycles. The van der Waals surface area contributed by atoms with Gasteiger partial charge < -0.3 is 9.72 Å². The van der Waals surface area contributed by atoms with Crippen LogP contribution in [-0.2, 0) is 15.4 Å². The average molecular weight is 486 g/mol. The van der Waals surface area contributed by atoms with Gasteiger partial charge in [0.15, 0.2) is 10.7 Å². The van der Waals surface area contributed by atoms with Crippen LogP contribution in [-0.4, -0.2) is 64.7 Å². The molecule has 1 aliphatic carbocycles. The number of piperidine rings is 1. The van der Waals surface area contributed by atoms with Gasteiger partial charge in [0, 0.05) is 30.1 Å². The molecule has 2 atom stereocenters. The average Bonchev–Trinajstić information content (AvgIpc) is 3.32. The van der Waals surface area contributed by atoms with Gasteiger partial charge in [-0.05, 0) is 74.5 Å². The number of hydrogen-bond donors (Lipinski definition) is 2. The summed E-state index contributed by atoms with van der Waals surface area (Å²) in [7, 11) is -2.53. The number of pyridine rings is 1. The maximum absolute atomic E-state index is 12.4. The van der Waals surface area contributed by atoms with Crippen LogP contribution in [0.3, 0.4) is 0 Å². The highest BCUT2D eigenvalue weighted by atomic mass is 32.2. The number of thiol groups is 1. The van der Waals surface area contributed by atoms with E-state index in [9.17, 15) is 8.42 Å². The van der Waals surface area contributed by atoms with Crippen LogP contribution >= 0.6 is 0 Å². The van der Waals surface area contributed by atoms with Crippen LogP contribution in [0.2, 0.25) is 0 Å². The Bertz CT molecular complexity index is 1190. The number of nitrogens with zero attached hydrogens (tertiary/aromatic N) is 4. The molecular weight excluding hydrogens is 450 g/mol. The normalized spacial score (nSPS) is 25.5. The van der Waals surface area contributed by atoms with Crippen molar-refractivity contribution in [2.24, 2.45) is 11.8 Å². The van der Waals surface area contributed by atoms with E-state index in [1.54, 1.807) is 6.20 Å². The first kappa shape index (κ1) is 23.6. The van der Waals surface area contributed by atoms with Crippen molar-refractivity contribution < 1.29 is 13.2 Å². The summed E-state index contributed by atoms with van der Waals surface area (Å²) in [6, 6.07) is 2.05. The van der Waals surface area contributed by atoms with Crippen LogP contribution in [0.25, 0.3) is 21.9 Å². The predicted molar refractivity (Wildman–Crippen MR) is 133 cm³/mol. The highest BCUT2D eigenvalue weighted by Crippen LogP contribution is 2.41. The van der Waals surface area contributed by atoms with E-state index in [4.69, 9.17) is 4.74 Å². The van der Waals surface area contributed by atoms with Crippen molar-refractivity contribution in [1.82, 2.24) is 25.1 Å². The topological polar surface area (TPSA) is 101 Å². The van der Waals surface area contributed by atoms with E-state index in [-0.39, 0.29) is 12.0 Å². The maximum atomic E-state index is 12.4. The van der Waals surface area contributed by atoms with Crippen LogP contribution in [0.15, 0.2) is 24.7 Å². The SMILES string of the molecule is CC(C)COC1CCCN(C(C2CCC(c3cnnc4cnc5[nH]ccc5c34)CC2)[SH](=O)=O)C1. The second kappa shape index (κ2) is 10.3. The summed E-state index contributed by atoms with van der Waals surface area (Å²) < 4.78 is 31.0. The Hall–Kier alpha value is -2.10. The molecule has 0 spiro atoms. The molecule has 184 valence electrons. The van der Waals surface area contributed by atoms with Gasteiger partial charge in [-0.3, -0.25) is 4.90 Å². The molecule has 3 aromatic rings. The minimum Gasteiger partial charge on any atom is -0.377 e. The third-order valence-corrected chi connectivity index (χ3v) is 8.70.